The summed E-state index contributed by atoms with van der Waals surface area (Å²) in [5.74, 6) is 1.12. The molecule has 1 fully saturated rings. The molecule has 0 amide bonds. The number of carbonyl (C=O) groups is 1. The van der Waals surface area contributed by atoms with Crippen LogP contribution in [0.2, 0.25) is 0 Å². The van der Waals surface area contributed by atoms with Crippen molar-refractivity contribution in [3.8, 4) is 0 Å². The van der Waals surface area contributed by atoms with Crippen LogP contribution in [0.25, 0.3) is 0 Å². The summed E-state index contributed by atoms with van der Waals surface area (Å²) in [5.41, 5.74) is 0. The average Bonchev–Trinajstić information content (AvgIpc) is 2.86. The third-order valence-electron chi connectivity index (χ3n) is 3.88. The molecule has 3 atom stereocenters. The maximum Gasteiger partial charge on any atom is 0.371 e. The minimum absolute atomic E-state index is 0.00892. The Morgan fingerprint density at radius 1 is 1.47 bits per heavy atom. The van der Waals surface area contributed by atoms with Crippen molar-refractivity contribution in [1.29, 1.82) is 0 Å². The van der Waals surface area contributed by atoms with Gasteiger partial charge in [0.15, 0.2) is 0 Å². The highest BCUT2D eigenvalue weighted by Gasteiger charge is 2.29. The minimum atomic E-state index is -1.01. The molecule has 0 spiro atoms. The van der Waals surface area contributed by atoms with Crippen molar-refractivity contribution in [3.05, 3.63) is 23.7 Å². The zero-order valence-electron chi connectivity index (χ0n) is 10.3. The number of nitrogens with one attached hydrogen (secondary N) is 1. The van der Waals surface area contributed by atoms with Crippen LogP contribution in [-0.2, 0) is 6.54 Å². The topological polar surface area (TPSA) is 62.5 Å². The molecule has 1 aliphatic carbocycles. The molecule has 1 heterocycles. The van der Waals surface area contributed by atoms with Gasteiger partial charge in [-0.3, -0.25) is 0 Å². The van der Waals surface area contributed by atoms with Gasteiger partial charge in [0.2, 0.25) is 5.76 Å². The van der Waals surface area contributed by atoms with Crippen molar-refractivity contribution in [2.45, 2.75) is 39.3 Å². The van der Waals surface area contributed by atoms with Crippen molar-refractivity contribution in [1.82, 2.24) is 5.32 Å². The Morgan fingerprint density at radius 2 is 2.24 bits per heavy atom. The van der Waals surface area contributed by atoms with E-state index in [1.165, 1.54) is 18.9 Å². The molecule has 0 radical (unpaired) electrons. The number of hydrogen-bond donors (Lipinski definition) is 2. The summed E-state index contributed by atoms with van der Waals surface area (Å²) < 4.78 is 5.20. The van der Waals surface area contributed by atoms with Crippen LogP contribution in [0, 0.1) is 11.8 Å². The van der Waals surface area contributed by atoms with Gasteiger partial charge >= 0.3 is 5.97 Å². The van der Waals surface area contributed by atoms with Gasteiger partial charge in [0.1, 0.15) is 5.76 Å². The van der Waals surface area contributed by atoms with Crippen molar-refractivity contribution in [3.63, 3.8) is 0 Å². The lowest BCUT2D eigenvalue weighted by Crippen LogP contribution is -2.31. The van der Waals surface area contributed by atoms with Crippen LogP contribution in [0.4, 0.5) is 0 Å². The largest absolute Gasteiger partial charge is 0.475 e. The third kappa shape index (κ3) is 2.69. The second-order valence-corrected chi connectivity index (χ2v) is 4.97. The summed E-state index contributed by atoms with van der Waals surface area (Å²) in [7, 11) is 0. The van der Waals surface area contributed by atoms with Gasteiger partial charge in [-0.25, -0.2) is 4.79 Å². The maximum absolute atomic E-state index is 10.7. The van der Waals surface area contributed by atoms with E-state index in [2.05, 4.69) is 19.2 Å². The highest BCUT2D eigenvalue weighted by atomic mass is 16.4. The molecule has 2 rings (SSSR count). The quantitative estimate of drug-likeness (QED) is 0.844. The SMILES string of the molecule is CC1CCC(NCc2ccc(C(=O)O)o2)C1C. The predicted molar refractivity (Wildman–Crippen MR) is 63.9 cm³/mol. The molecule has 1 saturated carbocycles. The van der Waals surface area contributed by atoms with Crippen LogP contribution in [0.1, 0.15) is 43.0 Å². The van der Waals surface area contributed by atoms with Crippen molar-refractivity contribution >= 4 is 5.97 Å². The maximum atomic E-state index is 10.7. The lowest BCUT2D eigenvalue weighted by molar-refractivity contribution is 0.0660. The second-order valence-electron chi connectivity index (χ2n) is 4.97. The Labute approximate surface area is 101 Å². The fraction of sp³-hybridized carbons (Fsp3) is 0.615. The summed E-state index contributed by atoms with van der Waals surface area (Å²) in [6.07, 6.45) is 2.45. The van der Waals surface area contributed by atoms with E-state index in [0.717, 1.165) is 5.92 Å². The molecule has 0 aromatic carbocycles. The van der Waals surface area contributed by atoms with Crippen molar-refractivity contribution < 1.29 is 14.3 Å². The molecule has 0 saturated heterocycles. The number of furan rings is 1. The number of rotatable bonds is 4. The monoisotopic (exact) mass is 237 g/mol. The van der Waals surface area contributed by atoms with Gasteiger partial charge < -0.3 is 14.8 Å². The highest BCUT2D eigenvalue weighted by Crippen LogP contribution is 2.31. The Bertz CT molecular complexity index is 399. The molecule has 2 N–H and O–H groups in total. The summed E-state index contributed by atoms with van der Waals surface area (Å²) in [5, 5.41) is 12.2. The van der Waals surface area contributed by atoms with Crippen LogP contribution in [0.3, 0.4) is 0 Å². The van der Waals surface area contributed by atoms with Crippen LogP contribution >= 0.6 is 0 Å². The van der Waals surface area contributed by atoms with Gasteiger partial charge in [0.25, 0.3) is 0 Å². The van der Waals surface area contributed by atoms with E-state index in [1.807, 2.05) is 0 Å². The van der Waals surface area contributed by atoms with E-state index in [1.54, 1.807) is 6.07 Å². The standard InChI is InChI=1S/C13H19NO3/c1-8-3-5-11(9(8)2)14-7-10-4-6-12(17-10)13(15)16/h4,6,8-9,11,14H,3,5,7H2,1-2H3,(H,15,16). The fourth-order valence-electron chi connectivity index (χ4n) is 2.47. The molecule has 0 aliphatic heterocycles. The first-order valence-electron chi connectivity index (χ1n) is 6.13. The summed E-state index contributed by atoms with van der Waals surface area (Å²) in [6.45, 7) is 5.15. The summed E-state index contributed by atoms with van der Waals surface area (Å²) >= 11 is 0. The first kappa shape index (κ1) is 12.2. The average molecular weight is 237 g/mol. The van der Waals surface area contributed by atoms with Gasteiger partial charge in [0.05, 0.1) is 6.54 Å². The lowest BCUT2D eigenvalue weighted by atomic mass is 9.98. The number of carboxylic acids is 1. The van der Waals surface area contributed by atoms with Crippen LogP contribution in [-0.4, -0.2) is 17.1 Å². The molecule has 1 aromatic rings. The van der Waals surface area contributed by atoms with Gasteiger partial charge in [-0.05, 0) is 36.8 Å². The molecule has 3 unspecified atom stereocenters. The molecule has 1 aliphatic rings. The zero-order chi connectivity index (χ0) is 12.4. The summed E-state index contributed by atoms with van der Waals surface area (Å²) in [4.78, 5) is 10.7. The lowest BCUT2D eigenvalue weighted by Gasteiger charge is -2.18. The van der Waals surface area contributed by atoms with Gasteiger partial charge in [-0.2, -0.15) is 0 Å². The van der Waals surface area contributed by atoms with Crippen molar-refractivity contribution in [2.75, 3.05) is 0 Å². The zero-order valence-corrected chi connectivity index (χ0v) is 10.3. The van der Waals surface area contributed by atoms with Crippen LogP contribution in [0.5, 0.6) is 0 Å². The van der Waals surface area contributed by atoms with Crippen molar-refractivity contribution in [2.24, 2.45) is 11.8 Å². The molecule has 0 bridgehead atoms. The molecule has 4 nitrogen and oxygen atoms in total. The number of carboxylic acid groups (broad SMARTS) is 1. The normalized spacial score (nSPS) is 28.5. The van der Waals surface area contributed by atoms with E-state index < -0.39 is 5.97 Å². The Kier molecular flexibility index (Phi) is 3.52. The predicted octanol–water partition coefficient (Wildman–Crippen LogP) is 2.50. The van der Waals surface area contributed by atoms with Crippen LogP contribution in [0.15, 0.2) is 16.5 Å². The minimum Gasteiger partial charge on any atom is -0.475 e. The van der Waals surface area contributed by atoms with Gasteiger partial charge in [0, 0.05) is 6.04 Å². The first-order valence-corrected chi connectivity index (χ1v) is 6.13. The van der Waals surface area contributed by atoms with E-state index in [4.69, 9.17) is 9.52 Å². The van der Waals surface area contributed by atoms with Gasteiger partial charge in [-0.1, -0.05) is 13.8 Å². The van der Waals surface area contributed by atoms with E-state index in [0.29, 0.717) is 24.3 Å². The molecule has 17 heavy (non-hydrogen) atoms. The van der Waals surface area contributed by atoms with E-state index in [9.17, 15) is 4.79 Å². The Hall–Kier alpha value is -1.29. The van der Waals surface area contributed by atoms with E-state index in [-0.39, 0.29) is 5.76 Å². The molecule has 4 heteroatoms. The van der Waals surface area contributed by atoms with Crippen LogP contribution < -0.4 is 5.32 Å². The smallest absolute Gasteiger partial charge is 0.371 e. The van der Waals surface area contributed by atoms with E-state index >= 15 is 0 Å². The fourth-order valence-corrected chi connectivity index (χ4v) is 2.47. The number of hydrogen-bond acceptors (Lipinski definition) is 3. The Balaban J connectivity index is 1.87. The Morgan fingerprint density at radius 3 is 2.76 bits per heavy atom. The second kappa shape index (κ2) is 4.92. The molecule has 1 aromatic heterocycles. The first-order chi connectivity index (χ1) is 8.08. The molecular formula is C13H19NO3. The van der Waals surface area contributed by atoms with Gasteiger partial charge in [-0.15, -0.1) is 0 Å². The number of aromatic carboxylic acids is 1. The third-order valence-corrected chi connectivity index (χ3v) is 3.88. The highest BCUT2D eigenvalue weighted by molar-refractivity contribution is 5.84. The molecular weight excluding hydrogens is 218 g/mol. The summed E-state index contributed by atoms with van der Waals surface area (Å²) in [6, 6.07) is 3.74. The molecule has 94 valence electrons.